The van der Waals surface area contributed by atoms with Crippen LogP contribution in [0.4, 0.5) is 10.6 Å². The van der Waals surface area contributed by atoms with Gasteiger partial charge in [0.15, 0.2) is 5.82 Å². The molecule has 150 valence electrons. The Morgan fingerprint density at radius 2 is 2.19 bits per heavy atom. The molecule has 2 aliphatic carbocycles. The summed E-state index contributed by atoms with van der Waals surface area (Å²) in [6.07, 6.45) is 3.84. The molecule has 0 radical (unpaired) electrons. The fourth-order valence-electron chi connectivity index (χ4n) is 3.61. The van der Waals surface area contributed by atoms with Gasteiger partial charge in [-0.05, 0) is 44.9 Å². The zero-order chi connectivity index (χ0) is 19.4. The maximum atomic E-state index is 12.2. The maximum absolute atomic E-state index is 12.2. The molecule has 8 heteroatoms. The van der Waals surface area contributed by atoms with Crippen LogP contribution in [0.3, 0.4) is 0 Å². The van der Waals surface area contributed by atoms with Gasteiger partial charge in [-0.2, -0.15) is 5.10 Å². The second kappa shape index (κ2) is 8.73. The lowest BCUT2D eigenvalue weighted by molar-refractivity contribution is -0.117. The summed E-state index contributed by atoms with van der Waals surface area (Å²) in [6.45, 7) is 4.60. The zero-order valence-electron chi connectivity index (χ0n) is 16.3. The van der Waals surface area contributed by atoms with Crippen molar-refractivity contribution in [1.29, 1.82) is 0 Å². The lowest BCUT2D eigenvalue weighted by Crippen LogP contribution is -2.34. The Hall–Kier alpha value is -2.09. The number of alkyl carbamates (subject to hydrolysis) is 1. The highest BCUT2D eigenvalue weighted by atomic mass is 16.6. The van der Waals surface area contributed by atoms with E-state index in [0.717, 1.165) is 37.8 Å². The highest BCUT2D eigenvalue weighted by molar-refractivity contribution is 5.93. The quantitative estimate of drug-likeness (QED) is 0.645. The van der Waals surface area contributed by atoms with Crippen LogP contribution in [0.5, 0.6) is 0 Å². The summed E-state index contributed by atoms with van der Waals surface area (Å²) < 4.78 is 10.6. The number of ether oxygens (including phenoxy) is 2. The molecule has 0 spiro atoms. The van der Waals surface area contributed by atoms with Crippen molar-refractivity contribution >= 4 is 17.8 Å². The molecular formula is C19H30N4O4. The molecule has 0 aliphatic heterocycles. The molecule has 2 aliphatic rings. The Morgan fingerprint density at radius 3 is 2.93 bits per heavy atom. The smallest absolute Gasteiger partial charge is 0.407 e. The van der Waals surface area contributed by atoms with Crippen molar-refractivity contribution in [3.63, 3.8) is 0 Å². The molecule has 27 heavy (non-hydrogen) atoms. The number of aromatic amines is 1. The Kier molecular flexibility index (Phi) is 6.36. The van der Waals surface area contributed by atoms with Crippen molar-refractivity contribution < 1.29 is 19.1 Å². The van der Waals surface area contributed by atoms with Crippen LogP contribution in [0, 0.1) is 11.8 Å². The lowest BCUT2D eigenvalue weighted by Gasteiger charge is -2.16. The summed E-state index contributed by atoms with van der Waals surface area (Å²) in [5.74, 6) is 1.16. The predicted octanol–water partition coefficient (Wildman–Crippen LogP) is 2.79. The molecule has 5 atom stereocenters. The Labute approximate surface area is 159 Å². The Balaban J connectivity index is 1.45. The second-order valence-electron chi connectivity index (χ2n) is 7.75. The number of H-pyrrole nitrogens is 1. The normalized spacial score (nSPS) is 27.8. The highest BCUT2D eigenvalue weighted by Gasteiger charge is 2.43. The number of methoxy groups -OCH3 is 1. The Morgan fingerprint density at radius 1 is 1.37 bits per heavy atom. The van der Waals surface area contributed by atoms with E-state index in [1.165, 1.54) is 0 Å². The third-order valence-electron chi connectivity index (χ3n) is 5.56. The first-order valence-electron chi connectivity index (χ1n) is 9.82. The van der Waals surface area contributed by atoms with Gasteiger partial charge in [0.05, 0.1) is 0 Å². The molecule has 1 aromatic rings. The van der Waals surface area contributed by atoms with Crippen LogP contribution < -0.4 is 10.6 Å². The van der Waals surface area contributed by atoms with Crippen LogP contribution in [-0.4, -0.2) is 48.1 Å². The number of nitrogens with one attached hydrogen (secondary N) is 3. The lowest BCUT2D eigenvalue weighted by atomic mass is 10.0. The van der Waals surface area contributed by atoms with E-state index in [9.17, 15) is 9.59 Å². The molecule has 1 aromatic heterocycles. The average molecular weight is 378 g/mol. The van der Waals surface area contributed by atoms with Gasteiger partial charge < -0.3 is 20.1 Å². The molecule has 0 aromatic carbocycles. The summed E-state index contributed by atoms with van der Waals surface area (Å²) in [5.41, 5.74) is 0.975. The van der Waals surface area contributed by atoms with Gasteiger partial charge in [0.1, 0.15) is 6.10 Å². The van der Waals surface area contributed by atoms with Gasteiger partial charge in [-0.25, -0.2) is 4.79 Å². The minimum absolute atomic E-state index is 0.00412. The fraction of sp³-hybridized carbons (Fsp3) is 0.737. The largest absolute Gasteiger partial charge is 0.446 e. The number of rotatable bonds is 8. The molecule has 0 saturated heterocycles. The van der Waals surface area contributed by atoms with E-state index in [4.69, 9.17) is 9.47 Å². The SMILES string of the molecule is CC[C@H](C)NC(=O)O[C@@H]1CC[C@H](c2cc(NC(=O)[C@H]3C[C@@H]3COC)n[nH]2)C1. The molecule has 0 unspecified atom stereocenters. The highest BCUT2D eigenvalue weighted by Crippen LogP contribution is 2.40. The number of carbonyl (C=O) groups excluding carboxylic acids is 2. The molecule has 2 fully saturated rings. The molecular weight excluding hydrogens is 348 g/mol. The third kappa shape index (κ3) is 5.22. The third-order valence-corrected chi connectivity index (χ3v) is 5.56. The number of hydrogen-bond donors (Lipinski definition) is 3. The summed E-state index contributed by atoms with van der Waals surface area (Å²) in [5, 5.41) is 12.9. The average Bonchev–Trinajstić information content (AvgIpc) is 3.02. The molecule has 2 saturated carbocycles. The maximum Gasteiger partial charge on any atom is 0.407 e. The van der Waals surface area contributed by atoms with E-state index in [1.807, 2.05) is 19.9 Å². The van der Waals surface area contributed by atoms with Crippen LogP contribution in [0.25, 0.3) is 0 Å². The van der Waals surface area contributed by atoms with Gasteiger partial charge >= 0.3 is 6.09 Å². The van der Waals surface area contributed by atoms with Gasteiger partial charge in [0.2, 0.25) is 5.91 Å². The molecule has 1 heterocycles. The van der Waals surface area contributed by atoms with E-state index >= 15 is 0 Å². The predicted molar refractivity (Wildman–Crippen MR) is 100 cm³/mol. The topological polar surface area (TPSA) is 105 Å². The van der Waals surface area contributed by atoms with E-state index in [2.05, 4.69) is 20.8 Å². The van der Waals surface area contributed by atoms with Crippen LogP contribution in [0.2, 0.25) is 0 Å². The van der Waals surface area contributed by atoms with Gasteiger partial charge in [0, 0.05) is 43.4 Å². The summed E-state index contributed by atoms with van der Waals surface area (Å²) in [6, 6.07) is 2.00. The van der Waals surface area contributed by atoms with Crippen LogP contribution >= 0.6 is 0 Å². The standard InChI is InChI=1S/C19H30N4O4/c1-4-11(2)20-19(25)27-14-6-5-12(7-14)16-9-17(23-22-16)21-18(24)15-8-13(15)10-26-3/h9,11-15H,4-8,10H2,1-3H3,(H,20,25)(H2,21,22,23,24)/t11-,12-,13+,14+,15-/m0/s1. The zero-order valence-corrected chi connectivity index (χ0v) is 16.3. The molecule has 8 nitrogen and oxygen atoms in total. The van der Waals surface area contributed by atoms with Crippen LogP contribution in [-0.2, 0) is 14.3 Å². The van der Waals surface area contributed by atoms with Crippen molar-refractivity contribution in [1.82, 2.24) is 15.5 Å². The first-order valence-corrected chi connectivity index (χ1v) is 9.82. The van der Waals surface area contributed by atoms with E-state index in [0.29, 0.717) is 18.3 Å². The van der Waals surface area contributed by atoms with Gasteiger partial charge in [-0.1, -0.05) is 6.92 Å². The minimum atomic E-state index is -0.345. The van der Waals surface area contributed by atoms with Crippen LogP contribution in [0.15, 0.2) is 6.07 Å². The summed E-state index contributed by atoms with van der Waals surface area (Å²) in [4.78, 5) is 24.1. The number of nitrogens with zero attached hydrogens (tertiary/aromatic N) is 1. The van der Waals surface area contributed by atoms with Crippen molar-refractivity contribution in [2.75, 3.05) is 19.0 Å². The van der Waals surface area contributed by atoms with Crippen LogP contribution in [0.1, 0.15) is 57.6 Å². The molecule has 2 amide bonds. The molecule has 0 bridgehead atoms. The van der Waals surface area contributed by atoms with E-state index in [1.54, 1.807) is 7.11 Å². The monoisotopic (exact) mass is 378 g/mol. The number of aromatic nitrogens is 2. The Bertz CT molecular complexity index is 662. The number of hydrogen-bond acceptors (Lipinski definition) is 5. The van der Waals surface area contributed by atoms with Crippen molar-refractivity contribution in [2.45, 2.75) is 64.0 Å². The van der Waals surface area contributed by atoms with Gasteiger partial charge in [-0.3, -0.25) is 9.89 Å². The number of carbonyl (C=O) groups is 2. The first-order chi connectivity index (χ1) is 13.0. The van der Waals surface area contributed by atoms with Gasteiger partial charge in [-0.15, -0.1) is 0 Å². The number of amides is 2. The first kappa shape index (κ1) is 19.7. The second-order valence-corrected chi connectivity index (χ2v) is 7.75. The summed E-state index contributed by atoms with van der Waals surface area (Å²) in [7, 11) is 1.65. The summed E-state index contributed by atoms with van der Waals surface area (Å²) >= 11 is 0. The minimum Gasteiger partial charge on any atom is -0.446 e. The molecule has 3 N–H and O–H groups in total. The van der Waals surface area contributed by atoms with E-state index < -0.39 is 0 Å². The van der Waals surface area contributed by atoms with Crippen molar-refractivity contribution in [3.05, 3.63) is 11.8 Å². The van der Waals surface area contributed by atoms with E-state index in [-0.39, 0.29) is 36.0 Å². The van der Waals surface area contributed by atoms with Gasteiger partial charge in [0.25, 0.3) is 0 Å². The number of anilines is 1. The van der Waals surface area contributed by atoms with Crippen molar-refractivity contribution in [2.24, 2.45) is 11.8 Å². The van der Waals surface area contributed by atoms with Crippen molar-refractivity contribution in [3.8, 4) is 0 Å². The molecule has 3 rings (SSSR count). The fourth-order valence-corrected chi connectivity index (χ4v) is 3.61.